The zero-order valence-corrected chi connectivity index (χ0v) is 22.4. The second kappa shape index (κ2) is 12.3. The molecule has 1 N–H and O–H groups in total. The molecule has 200 valence electrons. The number of hydrazone groups is 1. The molecule has 0 atom stereocenters. The Kier molecular flexibility index (Phi) is 8.86. The zero-order chi connectivity index (χ0) is 28.0. The molecule has 0 fully saturated rings. The van der Waals surface area contributed by atoms with Crippen molar-refractivity contribution < 1.29 is 22.0 Å². The van der Waals surface area contributed by atoms with Crippen LogP contribution in [-0.2, 0) is 23.1 Å². The first-order chi connectivity index (χ1) is 18.6. The zero-order valence-electron chi connectivity index (χ0n) is 20.8. The summed E-state index contributed by atoms with van der Waals surface area (Å²) in [7, 11) is -3.95. The van der Waals surface area contributed by atoms with E-state index in [1.54, 1.807) is 49.4 Å². The predicted molar refractivity (Wildman–Crippen MR) is 147 cm³/mol. The van der Waals surface area contributed by atoms with Crippen molar-refractivity contribution in [3.63, 3.8) is 0 Å². The number of hydrogen-bond acceptors (Lipinski definition) is 4. The summed E-state index contributed by atoms with van der Waals surface area (Å²) in [5.74, 6) is -1.38. The maximum Gasteiger partial charge on any atom is 0.271 e. The molecule has 0 unspecified atom stereocenters. The fourth-order valence-corrected chi connectivity index (χ4v) is 5.30. The molecular formula is C29H24ClF2N3O3S. The lowest BCUT2D eigenvalue weighted by molar-refractivity contribution is 0.0954. The molecule has 4 aromatic carbocycles. The lowest BCUT2D eigenvalue weighted by Crippen LogP contribution is -2.30. The number of carbonyl (C=O) groups is 1. The minimum atomic E-state index is -3.95. The highest BCUT2D eigenvalue weighted by atomic mass is 35.5. The van der Waals surface area contributed by atoms with Crippen LogP contribution in [0.15, 0.2) is 107 Å². The molecule has 0 radical (unpaired) electrons. The quantitative estimate of drug-likeness (QED) is 0.194. The Balaban J connectivity index is 1.52. The van der Waals surface area contributed by atoms with Gasteiger partial charge in [-0.2, -0.15) is 9.41 Å². The SMILES string of the molecule is C/C(=N\NC(=O)c1ccc(CN(Cc2ccc(F)cc2)S(=O)(=O)c2ccc(Cl)cc2)cc1)c1ccccc1F. The van der Waals surface area contributed by atoms with Crippen LogP contribution in [0.1, 0.15) is 34.0 Å². The number of amides is 1. The Labute approximate surface area is 230 Å². The van der Waals surface area contributed by atoms with Crippen LogP contribution in [0.3, 0.4) is 0 Å². The molecule has 0 aliphatic heterocycles. The standard InChI is InChI=1S/C29H24ClF2N3O3S/c1-20(27-4-2-3-5-28(27)32)33-34-29(36)23-10-6-21(7-11-23)18-35(19-22-8-14-25(31)15-9-22)39(37,38)26-16-12-24(30)13-17-26/h2-17H,18-19H2,1H3,(H,34,36)/b33-20+. The van der Waals surface area contributed by atoms with Gasteiger partial charge in [0.15, 0.2) is 0 Å². The first-order valence-corrected chi connectivity index (χ1v) is 13.6. The lowest BCUT2D eigenvalue weighted by atomic mass is 10.1. The van der Waals surface area contributed by atoms with E-state index in [0.29, 0.717) is 21.9 Å². The number of halogens is 3. The number of sulfonamides is 1. The highest BCUT2D eigenvalue weighted by molar-refractivity contribution is 7.89. The number of benzene rings is 4. The molecule has 10 heteroatoms. The fraction of sp³-hybridized carbons (Fsp3) is 0.103. The Morgan fingerprint density at radius 2 is 1.41 bits per heavy atom. The van der Waals surface area contributed by atoms with Gasteiger partial charge in [-0.3, -0.25) is 4.79 Å². The largest absolute Gasteiger partial charge is 0.271 e. The van der Waals surface area contributed by atoms with Crippen LogP contribution in [-0.4, -0.2) is 24.3 Å². The van der Waals surface area contributed by atoms with Crippen LogP contribution in [0, 0.1) is 11.6 Å². The van der Waals surface area contributed by atoms with Crippen LogP contribution in [0.4, 0.5) is 8.78 Å². The third kappa shape index (κ3) is 7.14. The van der Waals surface area contributed by atoms with E-state index in [2.05, 4.69) is 10.5 Å². The first-order valence-electron chi connectivity index (χ1n) is 11.8. The average Bonchev–Trinajstić information content (AvgIpc) is 2.93. The second-order valence-corrected chi connectivity index (χ2v) is 11.0. The van der Waals surface area contributed by atoms with Gasteiger partial charge in [0.1, 0.15) is 11.6 Å². The van der Waals surface area contributed by atoms with Gasteiger partial charge in [0.05, 0.1) is 10.6 Å². The molecule has 0 bridgehead atoms. The average molecular weight is 568 g/mol. The summed E-state index contributed by atoms with van der Waals surface area (Å²) >= 11 is 5.93. The Morgan fingerprint density at radius 3 is 2.00 bits per heavy atom. The molecule has 6 nitrogen and oxygen atoms in total. The molecule has 1 amide bonds. The summed E-state index contributed by atoms with van der Waals surface area (Å²) < 4.78 is 55.6. The minimum absolute atomic E-state index is 0.00247. The summed E-state index contributed by atoms with van der Waals surface area (Å²) in [6, 6.07) is 23.9. The molecule has 0 saturated carbocycles. The number of nitrogens with one attached hydrogen (secondary N) is 1. The van der Waals surface area contributed by atoms with Gasteiger partial charge in [-0.15, -0.1) is 0 Å². The monoisotopic (exact) mass is 567 g/mol. The van der Waals surface area contributed by atoms with Gasteiger partial charge in [0.2, 0.25) is 10.0 Å². The van der Waals surface area contributed by atoms with Crippen molar-refractivity contribution in [3.05, 3.63) is 136 Å². The molecule has 0 aliphatic rings. The summed E-state index contributed by atoms with van der Waals surface area (Å²) in [6.45, 7) is 1.57. The molecule has 0 aromatic heterocycles. The predicted octanol–water partition coefficient (Wildman–Crippen LogP) is 6.16. The van der Waals surface area contributed by atoms with E-state index in [0.717, 1.165) is 0 Å². The van der Waals surface area contributed by atoms with Crippen molar-refractivity contribution in [1.29, 1.82) is 0 Å². The minimum Gasteiger partial charge on any atom is -0.267 e. The van der Waals surface area contributed by atoms with Crippen LogP contribution < -0.4 is 5.43 Å². The Hall–Kier alpha value is -3.92. The van der Waals surface area contributed by atoms with E-state index < -0.39 is 27.6 Å². The summed E-state index contributed by atoms with van der Waals surface area (Å²) in [5, 5.41) is 4.38. The summed E-state index contributed by atoms with van der Waals surface area (Å²) in [6.07, 6.45) is 0. The maximum absolute atomic E-state index is 13.9. The normalized spacial score (nSPS) is 12.0. The van der Waals surface area contributed by atoms with E-state index in [9.17, 15) is 22.0 Å². The molecule has 0 spiro atoms. The molecule has 4 aromatic rings. The van der Waals surface area contributed by atoms with Crippen LogP contribution in [0.2, 0.25) is 5.02 Å². The number of carbonyl (C=O) groups excluding carboxylic acids is 1. The van der Waals surface area contributed by atoms with Crippen molar-refractivity contribution in [1.82, 2.24) is 9.73 Å². The van der Waals surface area contributed by atoms with E-state index >= 15 is 0 Å². The number of nitrogens with zero attached hydrogens (tertiary/aromatic N) is 2. The Morgan fingerprint density at radius 1 is 0.846 bits per heavy atom. The van der Waals surface area contributed by atoms with Gasteiger partial charge in [-0.25, -0.2) is 22.6 Å². The molecular weight excluding hydrogens is 544 g/mol. The highest BCUT2D eigenvalue weighted by Gasteiger charge is 2.25. The van der Waals surface area contributed by atoms with Crippen LogP contribution in [0.25, 0.3) is 0 Å². The molecule has 39 heavy (non-hydrogen) atoms. The van der Waals surface area contributed by atoms with Gasteiger partial charge < -0.3 is 0 Å². The van der Waals surface area contributed by atoms with Crippen LogP contribution >= 0.6 is 11.6 Å². The number of rotatable bonds is 9. The smallest absolute Gasteiger partial charge is 0.267 e. The van der Waals surface area contributed by atoms with Crippen molar-refractivity contribution in [2.45, 2.75) is 24.9 Å². The Bertz CT molecular complexity index is 1590. The van der Waals surface area contributed by atoms with Crippen molar-refractivity contribution >= 4 is 33.2 Å². The van der Waals surface area contributed by atoms with Gasteiger partial charge in [-0.05, 0) is 72.6 Å². The third-order valence-electron chi connectivity index (χ3n) is 5.89. The fourth-order valence-electron chi connectivity index (χ4n) is 3.75. The first kappa shape index (κ1) is 28.1. The topological polar surface area (TPSA) is 78.8 Å². The van der Waals surface area contributed by atoms with E-state index in [4.69, 9.17) is 11.6 Å². The van der Waals surface area contributed by atoms with Crippen molar-refractivity contribution in [2.75, 3.05) is 0 Å². The molecule has 4 rings (SSSR count). The van der Waals surface area contributed by atoms with Crippen molar-refractivity contribution in [3.8, 4) is 0 Å². The molecule has 0 aliphatic carbocycles. The third-order valence-corrected chi connectivity index (χ3v) is 7.95. The molecule has 0 heterocycles. The summed E-state index contributed by atoms with van der Waals surface area (Å²) in [5.41, 5.74) is 4.50. The summed E-state index contributed by atoms with van der Waals surface area (Å²) in [4.78, 5) is 12.6. The van der Waals surface area contributed by atoms with E-state index in [1.807, 2.05) is 0 Å². The maximum atomic E-state index is 13.9. The van der Waals surface area contributed by atoms with Crippen LogP contribution in [0.5, 0.6) is 0 Å². The van der Waals surface area contributed by atoms with Gasteiger partial charge in [-0.1, -0.05) is 54.1 Å². The van der Waals surface area contributed by atoms with Gasteiger partial charge >= 0.3 is 0 Å². The highest BCUT2D eigenvalue weighted by Crippen LogP contribution is 2.23. The van der Waals surface area contributed by atoms with E-state index in [-0.39, 0.29) is 29.1 Å². The lowest BCUT2D eigenvalue weighted by Gasteiger charge is -2.23. The number of hydrogen-bond donors (Lipinski definition) is 1. The van der Waals surface area contributed by atoms with Gasteiger partial charge in [0.25, 0.3) is 5.91 Å². The van der Waals surface area contributed by atoms with Gasteiger partial charge in [0, 0.05) is 29.2 Å². The van der Waals surface area contributed by atoms with E-state index in [1.165, 1.54) is 58.9 Å². The second-order valence-electron chi connectivity index (χ2n) is 8.67. The molecule has 0 saturated heterocycles. The van der Waals surface area contributed by atoms with Crippen molar-refractivity contribution in [2.24, 2.45) is 5.10 Å².